The molecule has 0 radical (unpaired) electrons. The van der Waals surface area contributed by atoms with Gasteiger partial charge in [-0.2, -0.15) is 0 Å². The molecule has 0 saturated carbocycles. The van der Waals surface area contributed by atoms with Crippen LogP contribution >= 0.6 is 0 Å². The number of anilines is 1. The molecule has 2 aromatic heterocycles. The summed E-state index contributed by atoms with van der Waals surface area (Å²) in [6.07, 6.45) is 7.20. The molecular weight excluding hydrogens is 350 g/mol. The van der Waals surface area contributed by atoms with Crippen LogP contribution in [0.3, 0.4) is 0 Å². The Hall–Kier alpha value is -2.57. The molecule has 0 aliphatic carbocycles. The van der Waals surface area contributed by atoms with Crippen LogP contribution < -0.4 is 5.32 Å². The van der Waals surface area contributed by atoms with Crippen LogP contribution in [-0.4, -0.2) is 50.7 Å². The van der Waals surface area contributed by atoms with Gasteiger partial charge in [0.25, 0.3) is 0 Å². The third-order valence-electron chi connectivity index (χ3n) is 5.35. The van der Waals surface area contributed by atoms with E-state index in [1.807, 2.05) is 36.8 Å². The van der Waals surface area contributed by atoms with E-state index >= 15 is 0 Å². The molecule has 1 saturated heterocycles. The Labute approximate surface area is 165 Å². The van der Waals surface area contributed by atoms with Crippen LogP contribution in [0.1, 0.15) is 24.5 Å². The van der Waals surface area contributed by atoms with E-state index in [9.17, 15) is 5.11 Å². The number of benzene rings is 1. The van der Waals surface area contributed by atoms with Gasteiger partial charge in [-0.25, -0.2) is 9.97 Å². The van der Waals surface area contributed by atoms with Gasteiger partial charge in [0.05, 0.1) is 11.6 Å². The highest BCUT2D eigenvalue weighted by Gasteiger charge is 2.31. The molecule has 28 heavy (non-hydrogen) atoms. The first kappa shape index (κ1) is 18.8. The number of para-hydroxylation sites is 1. The van der Waals surface area contributed by atoms with E-state index in [4.69, 9.17) is 0 Å². The summed E-state index contributed by atoms with van der Waals surface area (Å²) in [5.41, 5.74) is 3.34. The highest BCUT2D eigenvalue weighted by atomic mass is 16.3. The molecule has 2 N–H and O–H groups in total. The molecule has 3 aromatic rings. The summed E-state index contributed by atoms with van der Waals surface area (Å²) in [6, 6.07) is 10.3. The maximum atomic E-state index is 10.6. The topological polar surface area (TPSA) is 74.2 Å². The smallest absolute Gasteiger partial charge is 0.222 e. The molecule has 3 heterocycles. The van der Waals surface area contributed by atoms with Crippen LogP contribution in [0.15, 0.2) is 48.9 Å². The lowest BCUT2D eigenvalue weighted by Gasteiger charge is -2.16. The number of aliphatic hydroxyl groups is 1. The van der Waals surface area contributed by atoms with Gasteiger partial charge in [0.1, 0.15) is 0 Å². The van der Waals surface area contributed by atoms with Crippen molar-refractivity contribution in [1.82, 2.24) is 19.9 Å². The van der Waals surface area contributed by atoms with Crippen molar-refractivity contribution in [2.24, 2.45) is 5.92 Å². The maximum Gasteiger partial charge on any atom is 0.222 e. The zero-order valence-electron chi connectivity index (χ0n) is 16.3. The predicted octanol–water partition coefficient (Wildman–Crippen LogP) is 2.88. The van der Waals surface area contributed by atoms with Crippen LogP contribution in [0.25, 0.3) is 10.9 Å². The molecule has 1 aliphatic heterocycles. The van der Waals surface area contributed by atoms with Gasteiger partial charge in [0.2, 0.25) is 5.95 Å². The minimum Gasteiger partial charge on any atom is -0.391 e. The lowest BCUT2D eigenvalue weighted by Crippen LogP contribution is -2.21. The van der Waals surface area contributed by atoms with Crippen LogP contribution in [0.2, 0.25) is 0 Å². The Morgan fingerprint density at radius 1 is 1.11 bits per heavy atom. The highest BCUT2D eigenvalue weighted by Crippen LogP contribution is 2.26. The first-order chi connectivity index (χ1) is 13.7. The van der Waals surface area contributed by atoms with Crippen molar-refractivity contribution in [3.63, 3.8) is 0 Å². The molecule has 1 aromatic carbocycles. The number of nitrogens with zero attached hydrogens (tertiary/aromatic N) is 4. The molecule has 0 amide bonds. The van der Waals surface area contributed by atoms with Gasteiger partial charge >= 0.3 is 0 Å². The van der Waals surface area contributed by atoms with Crippen LogP contribution in [-0.2, 0) is 13.0 Å². The van der Waals surface area contributed by atoms with Crippen molar-refractivity contribution in [2.45, 2.75) is 32.4 Å². The molecule has 2 atom stereocenters. The molecule has 6 heteroatoms. The number of nitrogens with one attached hydrogen (secondary N) is 1. The SMILES string of the molecule is CCCNc1ncc(CN2C[C@@H](Cc3ccnc4ccccc34)[C@@H](O)C2)cn1. The van der Waals surface area contributed by atoms with Gasteiger partial charge in [-0.15, -0.1) is 0 Å². The van der Waals surface area contributed by atoms with Crippen molar-refractivity contribution >= 4 is 16.9 Å². The number of likely N-dealkylation sites (tertiary alicyclic amines) is 1. The molecule has 146 valence electrons. The number of β-amino-alcohol motifs (C(OH)–C–C–N with tert-alkyl or cyclic N) is 1. The summed E-state index contributed by atoms with van der Waals surface area (Å²) in [6.45, 7) is 5.31. The Balaban J connectivity index is 1.39. The number of hydrogen-bond donors (Lipinski definition) is 2. The van der Waals surface area contributed by atoms with Crippen LogP contribution in [0.5, 0.6) is 0 Å². The number of aliphatic hydroxyl groups excluding tert-OH is 1. The fourth-order valence-corrected chi connectivity index (χ4v) is 3.91. The number of pyridine rings is 1. The van der Waals surface area contributed by atoms with E-state index in [-0.39, 0.29) is 12.0 Å². The fourth-order valence-electron chi connectivity index (χ4n) is 3.91. The van der Waals surface area contributed by atoms with E-state index in [0.717, 1.165) is 43.6 Å². The lowest BCUT2D eigenvalue weighted by atomic mass is 9.94. The van der Waals surface area contributed by atoms with E-state index in [0.29, 0.717) is 12.5 Å². The van der Waals surface area contributed by atoms with Crippen LogP contribution in [0, 0.1) is 5.92 Å². The Kier molecular flexibility index (Phi) is 5.78. The van der Waals surface area contributed by atoms with Crippen molar-refractivity contribution < 1.29 is 5.11 Å². The van der Waals surface area contributed by atoms with Crippen molar-refractivity contribution in [3.8, 4) is 0 Å². The largest absolute Gasteiger partial charge is 0.391 e. The van der Waals surface area contributed by atoms with Gasteiger partial charge in [0.15, 0.2) is 0 Å². The van der Waals surface area contributed by atoms with Gasteiger partial charge in [-0.1, -0.05) is 25.1 Å². The second-order valence-corrected chi connectivity index (χ2v) is 7.55. The van der Waals surface area contributed by atoms with Gasteiger partial charge in [-0.3, -0.25) is 9.88 Å². The second-order valence-electron chi connectivity index (χ2n) is 7.55. The molecule has 0 spiro atoms. The quantitative estimate of drug-likeness (QED) is 0.660. The van der Waals surface area contributed by atoms with E-state index < -0.39 is 0 Å². The highest BCUT2D eigenvalue weighted by molar-refractivity contribution is 5.81. The first-order valence-electron chi connectivity index (χ1n) is 10.0. The predicted molar refractivity (Wildman–Crippen MR) is 111 cm³/mol. The normalized spacial score (nSPS) is 19.9. The molecule has 1 fully saturated rings. The number of rotatable bonds is 7. The Bertz CT molecular complexity index is 909. The summed E-state index contributed by atoms with van der Waals surface area (Å²) in [4.78, 5) is 15.5. The fraction of sp³-hybridized carbons (Fsp3) is 0.409. The summed E-state index contributed by atoms with van der Waals surface area (Å²) >= 11 is 0. The summed E-state index contributed by atoms with van der Waals surface area (Å²) < 4.78 is 0. The monoisotopic (exact) mass is 377 g/mol. The zero-order valence-corrected chi connectivity index (χ0v) is 16.3. The van der Waals surface area contributed by atoms with Crippen molar-refractivity contribution in [1.29, 1.82) is 0 Å². The van der Waals surface area contributed by atoms with E-state index in [1.54, 1.807) is 0 Å². The molecule has 0 unspecified atom stereocenters. The average Bonchev–Trinajstić information content (AvgIpc) is 3.06. The molecular formula is C22H27N5O. The number of aromatic nitrogens is 3. The zero-order chi connectivity index (χ0) is 19.3. The standard InChI is InChI=1S/C22H27N5O/c1-2-8-24-22-25-11-16(12-26-22)13-27-14-18(21(28)15-27)10-17-7-9-23-20-6-4-3-5-19(17)20/h3-7,9,11-12,18,21,28H,2,8,10,13-15H2,1H3,(H,24,25,26)/t18-,21+/m1/s1. The van der Waals surface area contributed by atoms with Crippen LogP contribution in [0.4, 0.5) is 5.95 Å². The third kappa shape index (κ3) is 4.29. The average molecular weight is 377 g/mol. The number of fused-ring (bicyclic) bond motifs is 1. The van der Waals surface area contributed by atoms with E-state index in [1.165, 1.54) is 10.9 Å². The molecule has 0 bridgehead atoms. The van der Waals surface area contributed by atoms with Gasteiger partial charge < -0.3 is 10.4 Å². The Morgan fingerprint density at radius 3 is 2.75 bits per heavy atom. The third-order valence-corrected chi connectivity index (χ3v) is 5.35. The minimum atomic E-state index is -0.321. The molecule has 1 aliphatic rings. The summed E-state index contributed by atoms with van der Waals surface area (Å²) in [7, 11) is 0. The molecule has 6 nitrogen and oxygen atoms in total. The Morgan fingerprint density at radius 2 is 1.93 bits per heavy atom. The number of hydrogen-bond acceptors (Lipinski definition) is 6. The maximum absolute atomic E-state index is 10.6. The second kappa shape index (κ2) is 8.63. The minimum absolute atomic E-state index is 0.220. The lowest BCUT2D eigenvalue weighted by molar-refractivity contribution is 0.141. The summed E-state index contributed by atoms with van der Waals surface area (Å²) in [5, 5.41) is 15.0. The van der Waals surface area contributed by atoms with Gasteiger partial charge in [-0.05, 0) is 30.5 Å². The molecule has 4 rings (SSSR count). The van der Waals surface area contributed by atoms with Gasteiger partial charge in [0, 0.05) is 61.6 Å². The van der Waals surface area contributed by atoms with E-state index in [2.05, 4.69) is 44.2 Å². The van der Waals surface area contributed by atoms with Crippen molar-refractivity contribution in [2.75, 3.05) is 25.0 Å². The van der Waals surface area contributed by atoms with Crippen molar-refractivity contribution in [3.05, 3.63) is 60.0 Å². The summed E-state index contributed by atoms with van der Waals surface area (Å²) in [5.74, 6) is 0.895. The first-order valence-corrected chi connectivity index (χ1v) is 10.0.